The number of aromatic nitrogens is 2. The highest BCUT2D eigenvalue weighted by Crippen LogP contribution is 2.21. The molecule has 6 heteroatoms. The Morgan fingerprint density at radius 3 is 2.41 bits per heavy atom. The first-order valence-corrected chi connectivity index (χ1v) is 9.02. The summed E-state index contributed by atoms with van der Waals surface area (Å²) < 4.78 is 9.04. The van der Waals surface area contributed by atoms with E-state index in [1.807, 2.05) is 45.0 Å². The monoisotopic (exact) mass is 367 g/mol. The van der Waals surface area contributed by atoms with E-state index in [4.69, 9.17) is 4.74 Å². The average molecular weight is 367 g/mol. The molecule has 1 atom stereocenters. The zero-order valence-corrected chi connectivity index (χ0v) is 16.4. The number of nitrogens with zero attached hydrogens (tertiary/aromatic N) is 2. The number of nitrogens with one attached hydrogen (secondary N) is 1. The molecule has 1 heterocycles. The summed E-state index contributed by atoms with van der Waals surface area (Å²) in [4.78, 5) is 24.7. The zero-order valence-electron chi connectivity index (χ0n) is 16.4. The van der Waals surface area contributed by atoms with Crippen molar-refractivity contribution in [2.45, 2.75) is 33.3 Å². The molecule has 1 amide bonds. The van der Waals surface area contributed by atoms with Crippen LogP contribution in [0.4, 0.5) is 5.69 Å². The van der Waals surface area contributed by atoms with Crippen LogP contribution in [0, 0.1) is 13.8 Å². The maximum atomic E-state index is 12.7. The Morgan fingerprint density at radius 2 is 1.74 bits per heavy atom. The molecule has 1 N–H and O–H groups in total. The predicted molar refractivity (Wildman–Crippen MR) is 107 cm³/mol. The molecule has 0 radical (unpaired) electrons. The summed E-state index contributed by atoms with van der Waals surface area (Å²) in [6.45, 7) is 5.97. The van der Waals surface area contributed by atoms with E-state index < -0.39 is 6.10 Å². The highest BCUT2D eigenvalue weighted by atomic mass is 16.5. The SMILES string of the molecule is CC[C@@H](Oc1ccc(C)c(C)c1)C(=O)Nc1ccc2c(c1)n(C)c(=O)n2C. The molecule has 3 aromatic rings. The molecule has 142 valence electrons. The third-order valence-corrected chi connectivity index (χ3v) is 4.96. The number of hydrogen-bond acceptors (Lipinski definition) is 3. The number of hydrogen-bond donors (Lipinski definition) is 1. The number of amides is 1. The summed E-state index contributed by atoms with van der Waals surface area (Å²) in [5.74, 6) is 0.469. The van der Waals surface area contributed by atoms with Crippen LogP contribution in [0.5, 0.6) is 5.75 Å². The summed E-state index contributed by atoms with van der Waals surface area (Å²) in [7, 11) is 3.45. The second-order valence-corrected chi connectivity index (χ2v) is 6.85. The average Bonchev–Trinajstić information content (AvgIpc) is 2.86. The first-order chi connectivity index (χ1) is 12.8. The minimum atomic E-state index is -0.595. The van der Waals surface area contributed by atoms with Gasteiger partial charge in [-0.1, -0.05) is 13.0 Å². The van der Waals surface area contributed by atoms with Gasteiger partial charge in [-0.05, 0) is 61.7 Å². The molecule has 0 bridgehead atoms. The second kappa shape index (κ2) is 7.31. The molecule has 0 saturated carbocycles. The fourth-order valence-electron chi connectivity index (χ4n) is 3.08. The molecule has 0 aliphatic heterocycles. The third kappa shape index (κ3) is 3.60. The van der Waals surface area contributed by atoms with Gasteiger partial charge in [0.15, 0.2) is 6.10 Å². The van der Waals surface area contributed by atoms with Gasteiger partial charge in [0.25, 0.3) is 5.91 Å². The van der Waals surface area contributed by atoms with E-state index in [9.17, 15) is 9.59 Å². The molecular weight excluding hydrogens is 342 g/mol. The Balaban J connectivity index is 1.80. The number of carbonyl (C=O) groups excluding carboxylic acids is 1. The fraction of sp³-hybridized carbons (Fsp3) is 0.333. The number of aryl methyl sites for hydroxylation is 4. The van der Waals surface area contributed by atoms with E-state index in [1.54, 1.807) is 35.4 Å². The van der Waals surface area contributed by atoms with Gasteiger partial charge in [0, 0.05) is 19.8 Å². The molecule has 27 heavy (non-hydrogen) atoms. The number of fused-ring (bicyclic) bond motifs is 1. The predicted octanol–water partition coefficient (Wildman–Crippen LogP) is 3.29. The Morgan fingerprint density at radius 1 is 1.04 bits per heavy atom. The first-order valence-electron chi connectivity index (χ1n) is 9.02. The van der Waals surface area contributed by atoms with Gasteiger partial charge in [-0.3, -0.25) is 13.9 Å². The van der Waals surface area contributed by atoms with E-state index in [0.29, 0.717) is 17.9 Å². The van der Waals surface area contributed by atoms with Crippen LogP contribution < -0.4 is 15.7 Å². The summed E-state index contributed by atoms with van der Waals surface area (Å²) in [6.07, 6.45) is -0.0486. The molecule has 0 spiro atoms. The van der Waals surface area contributed by atoms with E-state index >= 15 is 0 Å². The van der Waals surface area contributed by atoms with Crippen LogP contribution in [-0.2, 0) is 18.9 Å². The van der Waals surface area contributed by atoms with Crippen LogP contribution in [0.15, 0.2) is 41.2 Å². The van der Waals surface area contributed by atoms with Crippen molar-refractivity contribution in [2.24, 2.45) is 14.1 Å². The molecule has 0 aliphatic rings. The molecule has 0 saturated heterocycles. The minimum Gasteiger partial charge on any atom is -0.481 e. The number of imidazole rings is 1. The van der Waals surface area contributed by atoms with Gasteiger partial charge in [-0.2, -0.15) is 0 Å². The van der Waals surface area contributed by atoms with Crippen LogP contribution in [0.2, 0.25) is 0 Å². The van der Waals surface area contributed by atoms with Gasteiger partial charge in [0.05, 0.1) is 11.0 Å². The molecule has 1 aromatic heterocycles. The van der Waals surface area contributed by atoms with Crippen LogP contribution in [0.3, 0.4) is 0 Å². The zero-order chi connectivity index (χ0) is 19.7. The Bertz CT molecular complexity index is 1060. The van der Waals surface area contributed by atoms with Gasteiger partial charge < -0.3 is 10.1 Å². The van der Waals surface area contributed by atoms with Crippen LogP contribution >= 0.6 is 0 Å². The van der Waals surface area contributed by atoms with Crippen molar-refractivity contribution in [1.82, 2.24) is 9.13 Å². The van der Waals surface area contributed by atoms with Gasteiger partial charge in [-0.15, -0.1) is 0 Å². The van der Waals surface area contributed by atoms with Gasteiger partial charge >= 0.3 is 5.69 Å². The largest absolute Gasteiger partial charge is 0.481 e. The van der Waals surface area contributed by atoms with Crippen molar-refractivity contribution < 1.29 is 9.53 Å². The minimum absolute atomic E-state index is 0.0991. The van der Waals surface area contributed by atoms with E-state index in [-0.39, 0.29) is 11.6 Å². The first kappa shape index (κ1) is 18.8. The fourth-order valence-corrected chi connectivity index (χ4v) is 3.08. The lowest BCUT2D eigenvalue weighted by Gasteiger charge is -2.18. The van der Waals surface area contributed by atoms with Gasteiger partial charge in [0.2, 0.25) is 0 Å². The highest BCUT2D eigenvalue weighted by molar-refractivity contribution is 5.96. The summed E-state index contributed by atoms with van der Waals surface area (Å²) in [6, 6.07) is 11.2. The number of carbonyl (C=O) groups is 1. The van der Waals surface area contributed by atoms with Crippen molar-refractivity contribution in [2.75, 3.05) is 5.32 Å². The lowest BCUT2D eigenvalue weighted by Crippen LogP contribution is -2.32. The molecule has 6 nitrogen and oxygen atoms in total. The Hall–Kier alpha value is -3.02. The summed E-state index contributed by atoms with van der Waals surface area (Å²) in [5.41, 5.74) is 4.43. The molecule has 0 fully saturated rings. The number of benzene rings is 2. The highest BCUT2D eigenvalue weighted by Gasteiger charge is 2.19. The van der Waals surface area contributed by atoms with E-state index in [2.05, 4.69) is 5.32 Å². The van der Waals surface area contributed by atoms with E-state index in [1.165, 1.54) is 5.56 Å². The lowest BCUT2D eigenvalue weighted by atomic mass is 10.1. The molecule has 2 aromatic carbocycles. The Labute approximate surface area is 158 Å². The van der Waals surface area contributed by atoms with Crippen molar-refractivity contribution in [3.8, 4) is 5.75 Å². The van der Waals surface area contributed by atoms with Gasteiger partial charge in [-0.25, -0.2) is 4.79 Å². The number of anilines is 1. The van der Waals surface area contributed by atoms with Crippen LogP contribution in [0.25, 0.3) is 11.0 Å². The molecule has 3 rings (SSSR count). The summed E-state index contributed by atoms with van der Waals surface area (Å²) >= 11 is 0. The maximum absolute atomic E-state index is 12.7. The summed E-state index contributed by atoms with van der Waals surface area (Å²) in [5, 5.41) is 2.90. The third-order valence-electron chi connectivity index (χ3n) is 4.96. The molecule has 0 unspecified atom stereocenters. The standard InChI is InChI=1S/C21H25N3O3/c1-6-19(27-16-9-7-13(2)14(3)11-16)20(25)22-15-8-10-17-18(12-15)24(5)21(26)23(17)4/h7-12,19H,6H2,1-5H3,(H,22,25)/t19-/m1/s1. The number of rotatable bonds is 5. The molecular formula is C21H25N3O3. The van der Waals surface area contributed by atoms with Crippen molar-refractivity contribution >= 4 is 22.6 Å². The quantitative estimate of drug-likeness (QED) is 0.753. The van der Waals surface area contributed by atoms with Crippen LogP contribution in [0.1, 0.15) is 24.5 Å². The normalized spacial score (nSPS) is 12.2. The van der Waals surface area contributed by atoms with Crippen molar-refractivity contribution in [3.05, 3.63) is 58.0 Å². The Kier molecular flexibility index (Phi) is 5.08. The topological polar surface area (TPSA) is 65.3 Å². The lowest BCUT2D eigenvalue weighted by molar-refractivity contribution is -0.122. The number of ether oxygens (including phenoxy) is 1. The molecule has 0 aliphatic carbocycles. The van der Waals surface area contributed by atoms with Crippen molar-refractivity contribution in [1.29, 1.82) is 0 Å². The van der Waals surface area contributed by atoms with Crippen LogP contribution in [-0.4, -0.2) is 21.1 Å². The van der Waals surface area contributed by atoms with E-state index in [0.717, 1.165) is 16.6 Å². The van der Waals surface area contributed by atoms with Gasteiger partial charge in [0.1, 0.15) is 5.75 Å². The van der Waals surface area contributed by atoms with Crippen molar-refractivity contribution in [3.63, 3.8) is 0 Å². The second-order valence-electron chi connectivity index (χ2n) is 6.85. The maximum Gasteiger partial charge on any atom is 0.328 e. The smallest absolute Gasteiger partial charge is 0.328 e.